The van der Waals surface area contributed by atoms with Crippen LogP contribution in [-0.4, -0.2) is 26.1 Å². The summed E-state index contributed by atoms with van der Waals surface area (Å²) in [6, 6.07) is 6.16. The minimum Gasteiger partial charge on any atom is -0.476 e. The monoisotopic (exact) mass is 271 g/mol. The molecule has 2 aromatic rings. The molecule has 5 nitrogen and oxygen atoms in total. The number of benzene rings is 1. The molecule has 1 aliphatic rings. The van der Waals surface area contributed by atoms with Gasteiger partial charge in [-0.15, -0.1) is 5.10 Å². The molecule has 104 valence electrons. The first-order valence-electron chi connectivity index (χ1n) is 6.79. The normalized spacial score (nSPS) is 14.5. The zero-order chi connectivity index (χ0) is 14.3. The maximum atomic E-state index is 11.2. The lowest BCUT2D eigenvalue weighted by atomic mass is 10.0. The van der Waals surface area contributed by atoms with E-state index in [4.69, 9.17) is 0 Å². The van der Waals surface area contributed by atoms with Gasteiger partial charge in [0.1, 0.15) is 0 Å². The van der Waals surface area contributed by atoms with Crippen molar-refractivity contribution in [3.8, 4) is 0 Å². The number of hydrogen-bond donors (Lipinski definition) is 1. The van der Waals surface area contributed by atoms with E-state index in [0.717, 1.165) is 18.5 Å². The molecule has 1 heterocycles. The zero-order valence-electron chi connectivity index (χ0n) is 11.6. The molecule has 1 saturated carbocycles. The summed E-state index contributed by atoms with van der Waals surface area (Å²) < 4.78 is 1.76. The second kappa shape index (κ2) is 4.74. The first kappa shape index (κ1) is 12.8. The van der Waals surface area contributed by atoms with E-state index in [1.807, 2.05) is 6.07 Å². The van der Waals surface area contributed by atoms with Gasteiger partial charge in [0.15, 0.2) is 5.69 Å². The first-order chi connectivity index (χ1) is 9.58. The maximum Gasteiger partial charge on any atom is 0.358 e. The van der Waals surface area contributed by atoms with Crippen LogP contribution in [0.3, 0.4) is 0 Å². The van der Waals surface area contributed by atoms with E-state index in [1.54, 1.807) is 4.68 Å². The summed E-state index contributed by atoms with van der Waals surface area (Å²) in [5.74, 6) is -0.680. The Morgan fingerprint density at radius 2 is 2.00 bits per heavy atom. The highest BCUT2D eigenvalue weighted by Gasteiger charge is 2.33. The molecule has 3 rings (SSSR count). The Bertz CT molecular complexity index is 652. The number of carbonyl (C=O) groups is 1. The fraction of sp³-hybridized carbons (Fsp3) is 0.400. The second-order valence-corrected chi connectivity index (χ2v) is 5.43. The Labute approximate surface area is 117 Å². The molecular formula is C15H17N3O2. The third-order valence-corrected chi connectivity index (χ3v) is 3.89. The molecule has 1 aliphatic carbocycles. The molecule has 20 heavy (non-hydrogen) atoms. The lowest BCUT2D eigenvalue weighted by Crippen LogP contribution is -2.10. The fourth-order valence-electron chi connectivity index (χ4n) is 2.60. The van der Waals surface area contributed by atoms with Gasteiger partial charge < -0.3 is 5.11 Å². The smallest absolute Gasteiger partial charge is 0.358 e. The van der Waals surface area contributed by atoms with E-state index in [2.05, 4.69) is 36.3 Å². The molecule has 1 fully saturated rings. The molecule has 0 radical (unpaired) electrons. The minimum absolute atomic E-state index is 0.110. The van der Waals surface area contributed by atoms with Crippen molar-refractivity contribution in [3.63, 3.8) is 0 Å². The molecule has 5 heteroatoms. The number of aromatic nitrogens is 3. The molecule has 0 bridgehead atoms. The number of rotatable bonds is 4. The molecular weight excluding hydrogens is 254 g/mol. The lowest BCUT2D eigenvalue weighted by molar-refractivity contribution is 0.0689. The van der Waals surface area contributed by atoms with Crippen LogP contribution in [0.1, 0.15) is 51.6 Å². The standard InChI is InChI=1S/C15H17N3O2/c1-9-4-3-5-10(2)12(9)8-18-14(11-6-7-11)13(15(19)20)16-17-18/h3-5,11H,6-8H2,1-2H3,(H,19,20). The number of aryl methyl sites for hydroxylation is 2. The van der Waals surface area contributed by atoms with Gasteiger partial charge in [-0.2, -0.15) is 0 Å². The van der Waals surface area contributed by atoms with Crippen LogP contribution in [0, 0.1) is 13.8 Å². The van der Waals surface area contributed by atoms with E-state index in [0.29, 0.717) is 12.5 Å². The predicted molar refractivity (Wildman–Crippen MR) is 74.0 cm³/mol. The minimum atomic E-state index is -0.986. The van der Waals surface area contributed by atoms with Gasteiger partial charge in [0.25, 0.3) is 0 Å². The van der Waals surface area contributed by atoms with Crippen LogP contribution < -0.4 is 0 Å². The number of nitrogens with zero attached hydrogens (tertiary/aromatic N) is 3. The third-order valence-electron chi connectivity index (χ3n) is 3.89. The van der Waals surface area contributed by atoms with Gasteiger partial charge in [0.2, 0.25) is 0 Å². The third kappa shape index (κ3) is 2.19. The number of hydrogen-bond acceptors (Lipinski definition) is 3. The molecule has 0 saturated heterocycles. The van der Waals surface area contributed by atoms with Gasteiger partial charge in [0.05, 0.1) is 12.2 Å². The van der Waals surface area contributed by atoms with Crippen molar-refractivity contribution < 1.29 is 9.90 Å². The summed E-state index contributed by atoms with van der Waals surface area (Å²) in [4.78, 5) is 11.2. The van der Waals surface area contributed by atoms with Crippen molar-refractivity contribution in [2.24, 2.45) is 0 Å². The SMILES string of the molecule is Cc1cccc(C)c1Cn1nnc(C(=O)O)c1C1CC1. The Morgan fingerprint density at radius 1 is 1.35 bits per heavy atom. The van der Waals surface area contributed by atoms with E-state index in [1.165, 1.54) is 16.7 Å². The van der Waals surface area contributed by atoms with Crippen LogP contribution in [0.25, 0.3) is 0 Å². The molecule has 0 spiro atoms. The average Bonchev–Trinajstić information content (AvgIpc) is 3.14. The molecule has 1 aromatic heterocycles. The van der Waals surface area contributed by atoms with Crippen molar-refractivity contribution in [3.05, 3.63) is 46.3 Å². The van der Waals surface area contributed by atoms with Crippen molar-refractivity contribution in [2.45, 2.75) is 39.2 Å². The van der Waals surface area contributed by atoms with Crippen LogP contribution >= 0.6 is 0 Å². The summed E-state index contributed by atoms with van der Waals surface area (Å²) in [6.07, 6.45) is 2.06. The molecule has 0 unspecified atom stereocenters. The van der Waals surface area contributed by atoms with Gasteiger partial charge in [-0.25, -0.2) is 9.48 Å². The molecule has 0 atom stereocenters. The Kier molecular flexibility index (Phi) is 3.04. The Balaban J connectivity index is 2.01. The quantitative estimate of drug-likeness (QED) is 0.927. The van der Waals surface area contributed by atoms with Gasteiger partial charge in [-0.3, -0.25) is 0 Å². The highest BCUT2D eigenvalue weighted by Crippen LogP contribution is 2.41. The molecule has 0 amide bonds. The van der Waals surface area contributed by atoms with Crippen molar-refractivity contribution in [1.29, 1.82) is 0 Å². The zero-order valence-corrected chi connectivity index (χ0v) is 11.6. The van der Waals surface area contributed by atoms with Gasteiger partial charge >= 0.3 is 5.97 Å². The van der Waals surface area contributed by atoms with E-state index in [-0.39, 0.29) is 5.69 Å². The van der Waals surface area contributed by atoms with Crippen LogP contribution in [0.5, 0.6) is 0 Å². The summed E-state index contributed by atoms with van der Waals surface area (Å²) >= 11 is 0. The highest BCUT2D eigenvalue weighted by atomic mass is 16.4. The maximum absolute atomic E-state index is 11.2. The van der Waals surface area contributed by atoms with E-state index in [9.17, 15) is 9.90 Å². The highest BCUT2D eigenvalue weighted by molar-refractivity contribution is 5.86. The molecule has 1 N–H and O–H groups in total. The van der Waals surface area contributed by atoms with Crippen LogP contribution in [-0.2, 0) is 6.54 Å². The summed E-state index contributed by atoms with van der Waals surface area (Å²) in [6.45, 7) is 4.72. The average molecular weight is 271 g/mol. The van der Waals surface area contributed by atoms with Crippen LogP contribution in [0.4, 0.5) is 0 Å². The molecule has 0 aliphatic heterocycles. The van der Waals surface area contributed by atoms with Gasteiger partial charge in [-0.1, -0.05) is 23.4 Å². The van der Waals surface area contributed by atoms with E-state index < -0.39 is 5.97 Å². The fourth-order valence-corrected chi connectivity index (χ4v) is 2.60. The Hall–Kier alpha value is -2.17. The summed E-state index contributed by atoms with van der Waals surface area (Å²) in [7, 11) is 0. The Morgan fingerprint density at radius 3 is 2.55 bits per heavy atom. The van der Waals surface area contributed by atoms with Crippen molar-refractivity contribution >= 4 is 5.97 Å². The van der Waals surface area contributed by atoms with Crippen LogP contribution in [0.2, 0.25) is 0 Å². The van der Waals surface area contributed by atoms with Crippen LogP contribution in [0.15, 0.2) is 18.2 Å². The van der Waals surface area contributed by atoms with Crippen molar-refractivity contribution in [2.75, 3.05) is 0 Å². The summed E-state index contributed by atoms with van der Waals surface area (Å²) in [5, 5.41) is 17.1. The van der Waals surface area contributed by atoms with E-state index >= 15 is 0 Å². The second-order valence-electron chi connectivity index (χ2n) is 5.43. The number of aromatic carboxylic acids is 1. The van der Waals surface area contributed by atoms with Gasteiger partial charge in [0, 0.05) is 5.92 Å². The number of carboxylic acid groups (broad SMARTS) is 1. The van der Waals surface area contributed by atoms with Crippen molar-refractivity contribution in [1.82, 2.24) is 15.0 Å². The first-order valence-corrected chi connectivity index (χ1v) is 6.79. The summed E-state index contributed by atoms with van der Waals surface area (Å²) in [5.41, 5.74) is 4.47. The lowest BCUT2D eigenvalue weighted by Gasteiger charge is -2.11. The largest absolute Gasteiger partial charge is 0.476 e. The topological polar surface area (TPSA) is 68.0 Å². The predicted octanol–water partition coefficient (Wildman–Crippen LogP) is 2.52. The number of carboxylic acids is 1. The van der Waals surface area contributed by atoms with Gasteiger partial charge in [-0.05, 0) is 43.4 Å². The molecule has 1 aromatic carbocycles.